The number of carbonyl (C=O) groups excluding carboxylic acids is 2. The number of nitrogens with one attached hydrogen (secondary N) is 2. The normalized spacial score (nSPS) is 11.7. The topological polar surface area (TPSA) is 102 Å². The molecule has 0 saturated carbocycles. The second-order valence-corrected chi connectivity index (χ2v) is 6.97. The number of anilines is 1. The van der Waals surface area contributed by atoms with Crippen molar-refractivity contribution in [3.8, 4) is 11.4 Å². The molecule has 0 fully saturated rings. The van der Waals surface area contributed by atoms with Crippen molar-refractivity contribution in [2.24, 2.45) is 0 Å². The molecule has 1 heterocycles. The average molecular weight is 433 g/mol. The zero-order valence-electron chi connectivity index (χ0n) is 15.7. The van der Waals surface area contributed by atoms with Crippen LogP contribution in [0.4, 0.5) is 5.69 Å². The highest BCUT2D eigenvalue weighted by atomic mass is 35.5. The predicted molar refractivity (Wildman–Crippen MR) is 111 cm³/mol. The Morgan fingerprint density at radius 1 is 1.14 bits per heavy atom. The summed E-state index contributed by atoms with van der Waals surface area (Å²) < 4.78 is 0. The highest BCUT2D eigenvalue weighted by Gasteiger charge is 2.23. The number of amides is 2. The third-order valence-electron chi connectivity index (χ3n) is 4.20. The first-order valence-corrected chi connectivity index (χ1v) is 9.56. The van der Waals surface area contributed by atoms with Gasteiger partial charge in [-0.1, -0.05) is 30.1 Å². The maximum atomic E-state index is 12.8. The summed E-state index contributed by atoms with van der Waals surface area (Å²) in [6, 6.07) is 11.0. The minimum atomic E-state index is -0.678. The Morgan fingerprint density at radius 2 is 1.86 bits per heavy atom. The van der Waals surface area contributed by atoms with Gasteiger partial charge in [-0.15, -0.1) is 10.2 Å². The van der Waals surface area contributed by atoms with E-state index >= 15 is 0 Å². The molecule has 0 aliphatic rings. The summed E-state index contributed by atoms with van der Waals surface area (Å²) in [6.07, 6.45) is 0.443. The summed E-state index contributed by atoms with van der Waals surface area (Å²) in [4.78, 5) is 25.9. The minimum Gasteiger partial charge on any atom is -0.355 e. The van der Waals surface area contributed by atoms with Crippen LogP contribution in [0, 0.1) is 0 Å². The standard InChI is InChI=1S/C19H18Cl2N6O2/c1-3-16(27-25-17(24-26-27)11-4-6-12(20)7-5-11)19(29)23-13-8-9-15(21)14(10-13)18(28)22-2/h4-10,16H,3H2,1-2H3,(H,22,28)(H,23,29). The van der Waals surface area contributed by atoms with Crippen LogP contribution in [0.5, 0.6) is 0 Å². The lowest BCUT2D eigenvalue weighted by atomic mass is 10.1. The maximum absolute atomic E-state index is 12.8. The lowest BCUT2D eigenvalue weighted by Gasteiger charge is -2.14. The Hall–Kier alpha value is -2.97. The van der Waals surface area contributed by atoms with Crippen molar-refractivity contribution in [3.05, 3.63) is 58.1 Å². The zero-order chi connectivity index (χ0) is 21.0. The Kier molecular flexibility index (Phi) is 6.46. The molecule has 2 amide bonds. The monoisotopic (exact) mass is 432 g/mol. The van der Waals surface area contributed by atoms with Crippen molar-refractivity contribution in [2.45, 2.75) is 19.4 Å². The van der Waals surface area contributed by atoms with Gasteiger partial charge in [0, 0.05) is 23.3 Å². The van der Waals surface area contributed by atoms with Gasteiger partial charge in [-0.05, 0) is 54.1 Å². The first-order valence-electron chi connectivity index (χ1n) is 8.81. The van der Waals surface area contributed by atoms with Gasteiger partial charge < -0.3 is 10.6 Å². The van der Waals surface area contributed by atoms with Crippen LogP contribution in [0.3, 0.4) is 0 Å². The van der Waals surface area contributed by atoms with Gasteiger partial charge in [-0.3, -0.25) is 9.59 Å². The van der Waals surface area contributed by atoms with Gasteiger partial charge >= 0.3 is 0 Å². The molecule has 8 nitrogen and oxygen atoms in total. The van der Waals surface area contributed by atoms with Crippen LogP contribution in [0.15, 0.2) is 42.5 Å². The van der Waals surface area contributed by atoms with E-state index < -0.39 is 6.04 Å². The average Bonchev–Trinajstić information content (AvgIpc) is 3.19. The van der Waals surface area contributed by atoms with Gasteiger partial charge in [-0.25, -0.2) is 0 Å². The van der Waals surface area contributed by atoms with Gasteiger partial charge in [0.25, 0.3) is 11.8 Å². The first kappa shape index (κ1) is 20.8. The zero-order valence-corrected chi connectivity index (χ0v) is 17.2. The van der Waals surface area contributed by atoms with E-state index in [0.29, 0.717) is 28.0 Å². The Labute approximate surface area is 177 Å². The van der Waals surface area contributed by atoms with Crippen LogP contribution in [0.25, 0.3) is 11.4 Å². The SMILES string of the molecule is CCC(C(=O)Nc1ccc(Cl)c(C(=O)NC)c1)n1nnc(-c2ccc(Cl)cc2)n1. The van der Waals surface area contributed by atoms with Crippen LogP contribution in [-0.2, 0) is 4.79 Å². The van der Waals surface area contributed by atoms with Gasteiger partial charge in [-0.2, -0.15) is 4.80 Å². The Morgan fingerprint density at radius 3 is 2.52 bits per heavy atom. The second kappa shape index (κ2) is 9.02. The van der Waals surface area contributed by atoms with Crippen molar-refractivity contribution in [3.63, 3.8) is 0 Å². The van der Waals surface area contributed by atoms with E-state index in [4.69, 9.17) is 23.2 Å². The molecule has 1 aromatic heterocycles. The number of aromatic nitrogens is 4. The minimum absolute atomic E-state index is 0.268. The van der Waals surface area contributed by atoms with Gasteiger partial charge in [0.1, 0.15) is 0 Å². The van der Waals surface area contributed by atoms with Crippen LogP contribution in [-0.4, -0.2) is 39.1 Å². The fourth-order valence-corrected chi connectivity index (χ4v) is 2.99. The van der Waals surface area contributed by atoms with Gasteiger partial charge in [0.2, 0.25) is 5.82 Å². The molecule has 10 heteroatoms. The fourth-order valence-electron chi connectivity index (χ4n) is 2.66. The van der Waals surface area contributed by atoms with E-state index in [0.717, 1.165) is 5.56 Å². The number of nitrogens with zero attached hydrogens (tertiary/aromatic N) is 4. The molecular weight excluding hydrogens is 415 g/mol. The summed E-state index contributed by atoms with van der Waals surface area (Å²) in [5.41, 5.74) is 1.45. The van der Waals surface area contributed by atoms with Gasteiger partial charge in [0.15, 0.2) is 6.04 Å². The molecule has 29 heavy (non-hydrogen) atoms. The lowest BCUT2D eigenvalue weighted by Crippen LogP contribution is -2.27. The Balaban J connectivity index is 1.79. The molecule has 0 spiro atoms. The molecule has 0 saturated heterocycles. The maximum Gasteiger partial charge on any atom is 0.252 e. The summed E-state index contributed by atoms with van der Waals surface area (Å²) in [6.45, 7) is 1.84. The van der Waals surface area contributed by atoms with Crippen LogP contribution < -0.4 is 10.6 Å². The molecule has 1 atom stereocenters. The highest BCUT2D eigenvalue weighted by molar-refractivity contribution is 6.34. The molecule has 0 radical (unpaired) electrons. The van der Waals surface area contributed by atoms with E-state index in [1.807, 2.05) is 6.92 Å². The van der Waals surface area contributed by atoms with Gasteiger partial charge in [0.05, 0.1) is 10.6 Å². The highest BCUT2D eigenvalue weighted by Crippen LogP contribution is 2.23. The summed E-state index contributed by atoms with van der Waals surface area (Å²) >= 11 is 11.9. The third kappa shape index (κ3) is 4.72. The molecule has 0 aliphatic carbocycles. The summed E-state index contributed by atoms with van der Waals surface area (Å²) in [5, 5.41) is 18.5. The number of rotatable bonds is 6. The lowest BCUT2D eigenvalue weighted by molar-refractivity contribution is -0.120. The summed E-state index contributed by atoms with van der Waals surface area (Å²) in [5.74, 6) is -0.289. The van der Waals surface area contributed by atoms with E-state index in [1.54, 1.807) is 36.4 Å². The number of benzene rings is 2. The quantitative estimate of drug-likeness (QED) is 0.619. The number of halogens is 2. The molecule has 2 aromatic carbocycles. The molecule has 2 N–H and O–H groups in total. The summed E-state index contributed by atoms with van der Waals surface area (Å²) in [7, 11) is 1.51. The van der Waals surface area contributed by atoms with E-state index in [-0.39, 0.29) is 17.4 Å². The van der Waals surface area contributed by atoms with Crippen molar-refractivity contribution in [2.75, 3.05) is 12.4 Å². The van der Waals surface area contributed by atoms with E-state index in [9.17, 15) is 9.59 Å². The van der Waals surface area contributed by atoms with Crippen LogP contribution in [0.1, 0.15) is 29.7 Å². The first-order chi connectivity index (χ1) is 13.9. The third-order valence-corrected chi connectivity index (χ3v) is 4.79. The fraction of sp³-hybridized carbons (Fsp3) is 0.211. The van der Waals surface area contributed by atoms with Crippen LogP contribution in [0.2, 0.25) is 10.0 Å². The van der Waals surface area contributed by atoms with Crippen molar-refractivity contribution in [1.82, 2.24) is 25.5 Å². The Bertz CT molecular complexity index is 1040. The number of hydrogen-bond acceptors (Lipinski definition) is 5. The molecule has 0 aliphatic heterocycles. The molecule has 3 rings (SSSR count). The number of tetrazole rings is 1. The second-order valence-electron chi connectivity index (χ2n) is 6.13. The van der Waals surface area contributed by atoms with Crippen LogP contribution >= 0.6 is 23.2 Å². The molecule has 0 bridgehead atoms. The smallest absolute Gasteiger partial charge is 0.252 e. The largest absolute Gasteiger partial charge is 0.355 e. The molecule has 3 aromatic rings. The van der Waals surface area contributed by atoms with E-state index in [2.05, 4.69) is 26.0 Å². The molecular formula is C19H18Cl2N6O2. The molecule has 150 valence electrons. The van der Waals surface area contributed by atoms with E-state index in [1.165, 1.54) is 17.9 Å². The van der Waals surface area contributed by atoms with Crippen molar-refractivity contribution >= 4 is 40.7 Å². The number of carbonyl (C=O) groups is 2. The molecule has 1 unspecified atom stereocenters. The van der Waals surface area contributed by atoms with Crippen molar-refractivity contribution in [1.29, 1.82) is 0 Å². The van der Waals surface area contributed by atoms with Crippen molar-refractivity contribution < 1.29 is 9.59 Å². The number of hydrogen-bond donors (Lipinski definition) is 2. The predicted octanol–water partition coefficient (Wildman–Crippen LogP) is 3.60.